The lowest BCUT2D eigenvalue weighted by Crippen LogP contribution is -2.13. The molecule has 23 heavy (non-hydrogen) atoms. The smallest absolute Gasteiger partial charge is 0.365 e. The first-order valence-electron chi connectivity index (χ1n) is 6.92. The summed E-state index contributed by atoms with van der Waals surface area (Å²) in [5, 5.41) is 3.51. The van der Waals surface area contributed by atoms with Gasteiger partial charge in [-0.2, -0.15) is 13.2 Å². The van der Waals surface area contributed by atoms with Gasteiger partial charge in [0.1, 0.15) is 5.82 Å². The maximum Gasteiger partial charge on any atom is 0.451 e. The number of nitrogens with zero attached hydrogens (tertiary/aromatic N) is 3. The molecule has 118 valence electrons. The Bertz CT molecular complexity index is 832. The zero-order chi connectivity index (χ0) is 16.4. The molecule has 1 aromatic carbocycles. The fraction of sp³-hybridized carbons (Fsp3) is 0.188. The van der Waals surface area contributed by atoms with Crippen LogP contribution in [0.15, 0.2) is 42.7 Å². The second-order valence-corrected chi connectivity index (χ2v) is 5.13. The van der Waals surface area contributed by atoms with E-state index in [1.165, 1.54) is 0 Å². The van der Waals surface area contributed by atoms with Gasteiger partial charge < -0.3 is 5.32 Å². The number of fused-ring (bicyclic) bond motifs is 1. The summed E-state index contributed by atoms with van der Waals surface area (Å²) >= 11 is 0. The standard InChI is InChI=1S/C16H13F3N4/c1-10-4-5-13-12(7-10)14(23-15(22-13)16(17,18)19)21-9-11-3-2-6-20-8-11/h2-8H,9H2,1H3,(H,21,22,23). The highest BCUT2D eigenvalue weighted by Crippen LogP contribution is 2.30. The van der Waals surface area contributed by atoms with E-state index in [1.54, 1.807) is 36.7 Å². The van der Waals surface area contributed by atoms with Crippen LogP contribution in [0.2, 0.25) is 0 Å². The van der Waals surface area contributed by atoms with Gasteiger partial charge in [-0.25, -0.2) is 9.97 Å². The van der Waals surface area contributed by atoms with Gasteiger partial charge in [-0.15, -0.1) is 0 Å². The van der Waals surface area contributed by atoms with E-state index < -0.39 is 12.0 Å². The van der Waals surface area contributed by atoms with Gasteiger partial charge in [-0.3, -0.25) is 4.98 Å². The van der Waals surface area contributed by atoms with Crippen molar-refractivity contribution in [1.82, 2.24) is 15.0 Å². The van der Waals surface area contributed by atoms with Crippen LogP contribution in [0.4, 0.5) is 19.0 Å². The Kier molecular flexibility index (Phi) is 3.85. The van der Waals surface area contributed by atoms with Crippen LogP contribution in [0.5, 0.6) is 0 Å². The molecule has 0 saturated heterocycles. The third-order valence-corrected chi connectivity index (χ3v) is 3.29. The van der Waals surface area contributed by atoms with Crippen LogP contribution in [0.1, 0.15) is 17.0 Å². The van der Waals surface area contributed by atoms with E-state index in [1.807, 2.05) is 13.0 Å². The fourth-order valence-corrected chi connectivity index (χ4v) is 2.19. The minimum absolute atomic E-state index is 0.162. The number of alkyl halides is 3. The molecule has 3 aromatic rings. The number of hydrogen-bond donors (Lipinski definition) is 1. The van der Waals surface area contributed by atoms with E-state index >= 15 is 0 Å². The summed E-state index contributed by atoms with van der Waals surface area (Å²) in [4.78, 5) is 11.3. The fourth-order valence-electron chi connectivity index (χ4n) is 2.19. The first kappa shape index (κ1) is 15.2. The van der Waals surface area contributed by atoms with Crippen molar-refractivity contribution in [3.05, 3.63) is 59.7 Å². The number of benzene rings is 1. The summed E-state index contributed by atoms with van der Waals surface area (Å²) in [5.41, 5.74) is 2.03. The monoisotopic (exact) mass is 318 g/mol. The lowest BCUT2D eigenvalue weighted by molar-refractivity contribution is -0.144. The van der Waals surface area contributed by atoms with E-state index in [9.17, 15) is 13.2 Å². The first-order chi connectivity index (χ1) is 10.9. The largest absolute Gasteiger partial charge is 0.451 e. The lowest BCUT2D eigenvalue weighted by Gasteiger charge is -2.12. The molecule has 0 saturated carbocycles. The topological polar surface area (TPSA) is 50.7 Å². The minimum atomic E-state index is -4.59. The van der Waals surface area contributed by atoms with Gasteiger partial charge in [0.25, 0.3) is 0 Å². The van der Waals surface area contributed by atoms with Gasteiger partial charge in [0.15, 0.2) is 0 Å². The highest BCUT2D eigenvalue weighted by molar-refractivity contribution is 5.89. The minimum Gasteiger partial charge on any atom is -0.365 e. The zero-order valence-electron chi connectivity index (χ0n) is 12.2. The van der Waals surface area contributed by atoms with Gasteiger partial charge in [0.2, 0.25) is 5.82 Å². The number of anilines is 1. The first-order valence-corrected chi connectivity index (χ1v) is 6.92. The molecule has 4 nitrogen and oxygen atoms in total. The lowest BCUT2D eigenvalue weighted by atomic mass is 10.1. The summed E-state index contributed by atoms with van der Waals surface area (Å²) in [5.74, 6) is -0.989. The van der Waals surface area contributed by atoms with Crippen molar-refractivity contribution < 1.29 is 13.2 Å². The molecule has 1 N–H and O–H groups in total. The molecule has 0 radical (unpaired) electrons. The molecule has 2 heterocycles. The molecular weight excluding hydrogens is 305 g/mol. The summed E-state index contributed by atoms with van der Waals surface area (Å²) < 4.78 is 38.9. The summed E-state index contributed by atoms with van der Waals surface area (Å²) in [7, 11) is 0. The Hall–Kier alpha value is -2.70. The summed E-state index contributed by atoms with van der Waals surface area (Å²) in [6, 6.07) is 8.65. The average molecular weight is 318 g/mol. The Morgan fingerprint density at radius 3 is 2.65 bits per heavy atom. The SMILES string of the molecule is Cc1ccc2nc(C(F)(F)F)nc(NCc3cccnc3)c2c1. The van der Waals surface area contributed by atoms with E-state index in [2.05, 4.69) is 20.3 Å². The molecule has 0 unspecified atom stereocenters. The van der Waals surface area contributed by atoms with Crippen molar-refractivity contribution in [3.8, 4) is 0 Å². The molecule has 0 fully saturated rings. The van der Waals surface area contributed by atoms with Gasteiger partial charge in [0.05, 0.1) is 5.52 Å². The molecule has 0 aliphatic rings. The normalized spacial score (nSPS) is 11.7. The predicted octanol–water partition coefficient (Wildman–Crippen LogP) is 3.96. The number of nitrogens with one attached hydrogen (secondary N) is 1. The van der Waals surface area contributed by atoms with Crippen molar-refractivity contribution in [1.29, 1.82) is 0 Å². The Morgan fingerprint density at radius 1 is 1.13 bits per heavy atom. The molecule has 0 aliphatic heterocycles. The number of halogens is 3. The van der Waals surface area contributed by atoms with Crippen LogP contribution in [-0.4, -0.2) is 15.0 Å². The molecule has 3 rings (SSSR count). The second kappa shape index (κ2) is 5.83. The van der Waals surface area contributed by atoms with Gasteiger partial charge in [-0.1, -0.05) is 17.7 Å². The molecule has 0 atom stereocenters. The Morgan fingerprint density at radius 2 is 1.96 bits per heavy atom. The Balaban J connectivity index is 2.03. The zero-order valence-corrected chi connectivity index (χ0v) is 12.2. The molecular formula is C16H13F3N4. The molecule has 0 aliphatic carbocycles. The number of hydrogen-bond acceptors (Lipinski definition) is 4. The van der Waals surface area contributed by atoms with E-state index in [-0.39, 0.29) is 11.3 Å². The van der Waals surface area contributed by atoms with Gasteiger partial charge >= 0.3 is 6.18 Å². The highest BCUT2D eigenvalue weighted by Gasteiger charge is 2.35. The quantitative estimate of drug-likeness (QED) is 0.794. The van der Waals surface area contributed by atoms with Crippen molar-refractivity contribution in [2.75, 3.05) is 5.32 Å². The number of pyridine rings is 1. The number of aromatic nitrogens is 3. The summed E-state index contributed by atoms with van der Waals surface area (Å²) in [6.07, 6.45) is -1.31. The van der Waals surface area contributed by atoms with Crippen LogP contribution in [0, 0.1) is 6.92 Å². The highest BCUT2D eigenvalue weighted by atomic mass is 19.4. The molecule has 2 aromatic heterocycles. The Labute approximate surface area is 130 Å². The van der Waals surface area contributed by atoms with E-state index in [0.717, 1.165) is 11.1 Å². The van der Waals surface area contributed by atoms with E-state index in [4.69, 9.17) is 0 Å². The van der Waals surface area contributed by atoms with Crippen LogP contribution in [0.3, 0.4) is 0 Å². The van der Waals surface area contributed by atoms with Crippen LogP contribution in [-0.2, 0) is 12.7 Å². The number of aryl methyl sites for hydroxylation is 1. The molecule has 0 bridgehead atoms. The average Bonchev–Trinajstić information content (AvgIpc) is 2.52. The number of rotatable bonds is 3. The van der Waals surface area contributed by atoms with Crippen LogP contribution >= 0.6 is 0 Å². The maximum atomic E-state index is 13.0. The van der Waals surface area contributed by atoms with Crippen LogP contribution in [0.25, 0.3) is 10.9 Å². The third kappa shape index (κ3) is 3.39. The molecule has 7 heteroatoms. The maximum absolute atomic E-state index is 13.0. The second-order valence-electron chi connectivity index (χ2n) is 5.13. The predicted molar refractivity (Wildman–Crippen MR) is 80.8 cm³/mol. The summed E-state index contributed by atoms with van der Waals surface area (Å²) in [6.45, 7) is 2.19. The van der Waals surface area contributed by atoms with Crippen molar-refractivity contribution >= 4 is 16.7 Å². The van der Waals surface area contributed by atoms with Crippen molar-refractivity contribution in [2.24, 2.45) is 0 Å². The third-order valence-electron chi connectivity index (χ3n) is 3.29. The van der Waals surface area contributed by atoms with Crippen LogP contribution < -0.4 is 5.32 Å². The molecule has 0 spiro atoms. The van der Waals surface area contributed by atoms with Crippen molar-refractivity contribution in [2.45, 2.75) is 19.6 Å². The molecule has 0 amide bonds. The van der Waals surface area contributed by atoms with Crippen molar-refractivity contribution in [3.63, 3.8) is 0 Å². The van der Waals surface area contributed by atoms with Gasteiger partial charge in [0, 0.05) is 24.3 Å². The van der Waals surface area contributed by atoms with Gasteiger partial charge in [-0.05, 0) is 30.7 Å². The van der Waals surface area contributed by atoms with E-state index in [0.29, 0.717) is 11.9 Å².